The average Bonchev–Trinajstić information content (AvgIpc) is 2.51. The highest BCUT2D eigenvalue weighted by Crippen LogP contribution is 2.30. The van der Waals surface area contributed by atoms with Crippen molar-refractivity contribution in [2.24, 2.45) is 0 Å². The van der Waals surface area contributed by atoms with Crippen LogP contribution in [0.5, 0.6) is 0 Å². The lowest BCUT2D eigenvalue weighted by atomic mass is 10.0. The lowest BCUT2D eigenvalue weighted by Gasteiger charge is -2.15. The Morgan fingerprint density at radius 1 is 1.22 bits per heavy atom. The Bertz CT molecular complexity index is 763. The maximum absolute atomic E-state index is 12.4. The Labute approximate surface area is 143 Å². The second-order valence-electron chi connectivity index (χ2n) is 4.80. The zero-order chi connectivity index (χ0) is 17.0. The summed E-state index contributed by atoms with van der Waals surface area (Å²) in [6.07, 6.45) is 2.75. The second-order valence-corrected chi connectivity index (χ2v) is 5.56. The molecule has 0 aliphatic heterocycles. The fourth-order valence-corrected chi connectivity index (χ4v) is 2.63. The van der Waals surface area contributed by atoms with E-state index in [0.29, 0.717) is 17.0 Å². The number of anilines is 1. The first-order valence-electron chi connectivity index (χ1n) is 6.92. The summed E-state index contributed by atoms with van der Waals surface area (Å²) in [6.45, 7) is 1.94. The number of halogens is 2. The molecule has 1 heterocycles. The Morgan fingerprint density at radius 3 is 2.57 bits per heavy atom. The summed E-state index contributed by atoms with van der Waals surface area (Å²) in [5.41, 5.74) is 0.915. The van der Waals surface area contributed by atoms with Gasteiger partial charge in [-0.05, 0) is 36.2 Å². The van der Waals surface area contributed by atoms with Gasteiger partial charge in [-0.25, -0.2) is 9.78 Å². The zero-order valence-electron chi connectivity index (χ0n) is 12.3. The van der Waals surface area contributed by atoms with E-state index in [-0.39, 0.29) is 22.0 Å². The molecule has 7 heteroatoms. The quantitative estimate of drug-likeness (QED) is 0.786. The number of hydrogen-bond acceptors (Lipinski definition) is 3. The summed E-state index contributed by atoms with van der Waals surface area (Å²) >= 11 is 12.1. The molecule has 1 aromatic heterocycles. The normalized spacial score (nSPS) is 10.4. The zero-order valence-corrected chi connectivity index (χ0v) is 13.8. The van der Waals surface area contributed by atoms with Gasteiger partial charge >= 0.3 is 5.97 Å². The Kier molecular flexibility index (Phi) is 5.58. The molecule has 23 heavy (non-hydrogen) atoms. The number of pyridine rings is 1. The molecule has 0 aliphatic rings. The standard InChI is InChI=1S/C16H14Cl2N2O3/c1-2-4-9-12(17)7-6-10(16(22)23)13(9)20-15(21)11-5-3-8-19-14(11)18/h3,5-8H,2,4H2,1H3,(H,20,21)(H,22,23). The minimum absolute atomic E-state index is 0.0220. The van der Waals surface area contributed by atoms with Gasteiger partial charge in [0, 0.05) is 11.2 Å². The largest absolute Gasteiger partial charge is 0.478 e. The molecule has 0 bridgehead atoms. The number of benzene rings is 1. The highest BCUT2D eigenvalue weighted by Gasteiger charge is 2.20. The average molecular weight is 353 g/mol. The fourth-order valence-electron chi connectivity index (χ4n) is 2.17. The van der Waals surface area contributed by atoms with Crippen LogP contribution in [0.3, 0.4) is 0 Å². The number of carbonyl (C=O) groups excluding carboxylic acids is 1. The minimum Gasteiger partial charge on any atom is -0.478 e. The highest BCUT2D eigenvalue weighted by molar-refractivity contribution is 6.34. The van der Waals surface area contributed by atoms with E-state index in [1.165, 1.54) is 24.4 Å². The number of aromatic nitrogens is 1. The molecule has 2 aromatic rings. The van der Waals surface area contributed by atoms with Crippen molar-refractivity contribution in [2.45, 2.75) is 19.8 Å². The van der Waals surface area contributed by atoms with Crippen molar-refractivity contribution >= 4 is 40.8 Å². The molecule has 2 N–H and O–H groups in total. The van der Waals surface area contributed by atoms with Gasteiger partial charge in [0.15, 0.2) is 0 Å². The molecule has 0 fully saturated rings. The van der Waals surface area contributed by atoms with Crippen LogP contribution in [0.25, 0.3) is 0 Å². The molecule has 120 valence electrons. The number of nitrogens with zero attached hydrogens (tertiary/aromatic N) is 1. The molecule has 0 saturated heterocycles. The van der Waals surface area contributed by atoms with Crippen molar-refractivity contribution < 1.29 is 14.7 Å². The number of hydrogen-bond donors (Lipinski definition) is 2. The van der Waals surface area contributed by atoms with E-state index in [0.717, 1.165) is 6.42 Å². The van der Waals surface area contributed by atoms with E-state index >= 15 is 0 Å². The van der Waals surface area contributed by atoms with Crippen LogP contribution in [0.15, 0.2) is 30.5 Å². The predicted octanol–water partition coefficient (Wildman–Crippen LogP) is 4.29. The van der Waals surface area contributed by atoms with Crippen LogP contribution in [-0.2, 0) is 6.42 Å². The van der Waals surface area contributed by atoms with E-state index in [1.54, 1.807) is 6.07 Å². The fraction of sp³-hybridized carbons (Fsp3) is 0.188. The van der Waals surface area contributed by atoms with Gasteiger partial charge in [0.05, 0.1) is 16.8 Å². The first-order valence-corrected chi connectivity index (χ1v) is 7.67. The summed E-state index contributed by atoms with van der Waals surface area (Å²) in [4.78, 5) is 27.7. The van der Waals surface area contributed by atoms with Gasteiger partial charge < -0.3 is 10.4 Å². The molecule has 0 unspecified atom stereocenters. The van der Waals surface area contributed by atoms with Crippen molar-refractivity contribution in [1.29, 1.82) is 0 Å². The highest BCUT2D eigenvalue weighted by atomic mass is 35.5. The van der Waals surface area contributed by atoms with Crippen LogP contribution < -0.4 is 5.32 Å². The summed E-state index contributed by atoms with van der Waals surface area (Å²) in [5, 5.41) is 12.4. The lowest BCUT2D eigenvalue weighted by molar-refractivity contribution is 0.0698. The second kappa shape index (κ2) is 7.44. The van der Waals surface area contributed by atoms with Crippen molar-refractivity contribution in [3.63, 3.8) is 0 Å². The molecular formula is C16H14Cl2N2O3. The van der Waals surface area contributed by atoms with Gasteiger partial charge in [0.1, 0.15) is 5.15 Å². The van der Waals surface area contributed by atoms with Gasteiger partial charge in [0.25, 0.3) is 5.91 Å². The van der Waals surface area contributed by atoms with Crippen LogP contribution in [0.2, 0.25) is 10.2 Å². The molecule has 1 amide bonds. The van der Waals surface area contributed by atoms with E-state index in [2.05, 4.69) is 10.3 Å². The molecule has 0 atom stereocenters. The third-order valence-corrected chi connectivity index (χ3v) is 3.88. The number of amides is 1. The summed E-state index contributed by atoms with van der Waals surface area (Å²) in [5.74, 6) is -1.68. The molecule has 5 nitrogen and oxygen atoms in total. The van der Waals surface area contributed by atoms with Crippen LogP contribution in [0.1, 0.15) is 39.6 Å². The van der Waals surface area contributed by atoms with Crippen molar-refractivity contribution in [3.8, 4) is 0 Å². The smallest absolute Gasteiger partial charge is 0.337 e. The summed E-state index contributed by atoms with van der Waals surface area (Å²) < 4.78 is 0. The van der Waals surface area contributed by atoms with Crippen LogP contribution in [0.4, 0.5) is 5.69 Å². The monoisotopic (exact) mass is 352 g/mol. The number of aromatic carboxylic acids is 1. The molecule has 1 aromatic carbocycles. The van der Waals surface area contributed by atoms with E-state index in [9.17, 15) is 14.7 Å². The van der Waals surface area contributed by atoms with Crippen molar-refractivity contribution in [2.75, 3.05) is 5.32 Å². The third-order valence-electron chi connectivity index (χ3n) is 3.23. The first-order chi connectivity index (χ1) is 11.0. The van der Waals surface area contributed by atoms with Gasteiger partial charge in [0.2, 0.25) is 0 Å². The third kappa shape index (κ3) is 3.81. The molecular weight excluding hydrogens is 339 g/mol. The first kappa shape index (κ1) is 17.2. The lowest BCUT2D eigenvalue weighted by Crippen LogP contribution is -2.17. The van der Waals surface area contributed by atoms with Gasteiger partial charge in [-0.15, -0.1) is 0 Å². The van der Waals surface area contributed by atoms with Crippen LogP contribution >= 0.6 is 23.2 Å². The number of carbonyl (C=O) groups is 2. The predicted molar refractivity (Wildman–Crippen MR) is 89.6 cm³/mol. The molecule has 2 rings (SSSR count). The SMILES string of the molecule is CCCc1c(Cl)ccc(C(=O)O)c1NC(=O)c1cccnc1Cl. The summed E-state index contributed by atoms with van der Waals surface area (Å²) in [6, 6.07) is 5.96. The Balaban J connectivity index is 2.49. The topological polar surface area (TPSA) is 79.3 Å². The number of rotatable bonds is 5. The number of nitrogens with one attached hydrogen (secondary N) is 1. The van der Waals surface area contributed by atoms with Crippen molar-refractivity contribution in [1.82, 2.24) is 4.98 Å². The van der Waals surface area contributed by atoms with Gasteiger partial charge in [-0.2, -0.15) is 0 Å². The Hall–Kier alpha value is -2.11. The minimum atomic E-state index is -1.15. The van der Waals surface area contributed by atoms with E-state index < -0.39 is 11.9 Å². The van der Waals surface area contributed by atoms with Crippen molar-refractivity contribution in [3.05, 3.63) is 57.3 Å². The molecule has 0 saturated carbocycles. The maximum atomic E-state index is 12.4. The van der Waals surface area contributed by atoms with Crippen LogP contribution in [0, 0.1) is 0 Å². The van der Waals surface area contributed by atoms with E-state index in [1.807, 2.05) is 6.92 Å². The Morgan fingerprint density at radius 2 is 1.96 bits per heavy atom. The summed E-state index contributed by atoms with van der Waals surface area (Å²) in [7, 11) is 0. The van der Waals surface area contributed by atoms with E-state index in [4.69, 9.17) is 23.2 Å². The molecule has 0 aliphatic carbocycles. The molecule has 0 radical (unpaired) electrons. The van der Waals surface area contributed by atoms with Crippen LogP contribution in [-0.4, -0.2) is 22.0 Å². The number of carboxylic acid groups (broad SMARTS) is 1. The van der Waals surface area contributed by atoms with Gasteiger partial charge in [-0.1, -0.05) is 36.5 Å². The maximum Gasteiger partial charge on any atom is 0.337 e. The molecule has 0 spiro atoms. The number of carboxylic acids is 1. The van der Waals surface area contributed by atoms with Gasteiger partial charge in [-0.3, -0.25) is 4.79 Å².